The van der Waals surface area contributed by atoms with Gasteiger partial charge in [0.1, 0.15) is 6.04 Å². The van der Waals surface area contributed by atoms with Crippen LogP contribution in [-0.2, 0) is 20.9 Å². The fourth-order valence-electron chi connectivity index (χ4n) is 1.88. The Morgan fingerprint density at radius 2 is 2.16 bits per heavy atom. The summed E-state index contributed by atoms with van der Waals surface area (Å²) < 4.78 is 10.2. The molecule has 0 saturated heterocycles. The first-order valence-electron chi connectivity index (χ1n) is 6.70. The van der Waals surface area contributed by atoms with Gasteiger partial charge in [0.05, 0.1) is 13.2 Å². The van der Waals surface area contributed by atoms with Gasteiger partial charge in [0.25, 0.3) is 0 Å². The average molecular weight is 265 g/mol. The van der Waals surface area contributed by atoms with Gasteiger partial charge in [-0.25, -0.2) is 4.79 Å². The summed E-state index contributed by atoms with van der Waals surface area (Å²) in [7, 11) is 1.66. The molecule has 1 rings (SSSR count). The predicted octanol–water partition coefficient (Wildman–Crippen LogP) is 2.44. The molecule has 0 saturated carbocycles. The third-order valence-electron chi connectivity index (χ3n) is 2.72. The molecule has 0 aliphatic rings. The van der Waals surface area contributed by atoms with E-state index >= 15 is 0 Å². The topological polar surface area (TPSA) is 47.6 Å². The highest BCUT2D eigenvalue weighted by atomic mass is 16.5. The lowest BCUT2D eigenvalue weighted by molar-refractivity contribution is -0.145. The number of hydrogen-bond donors (Lipinski definition) is 1. The Kier molecular flexibility index (Phi) is 7.15. The molecule has 0 bridgehead atoms. The molecular weight excluding hydrogens is 242 g/mol. The highest BCUT2D eigenvalue weighted by molar-refractivity contribution is 5.77. The molecule has 0 aliphatic carbocycles. The number of nitrogens with one attached hydrogen (secondary N) is 1. The lowest BCUT2D eigenvalue weighted by atomic mass is 10.0. The summed E-state index contributed by atoms with van der Waals surface area (Å²) in [6, 6.07) is 7.42. The molecule has 1 N–H and O–H groups in total. The Bertz CT molecular complexity index is 393. The van der Waals surface area contributed by atoms with Gasteiger partial charge in [-0.3, -0.25) is 0 Å². The number of rotatable bonds is 8. The van der Waals surface area contributed by atoms with Crippen LogP contribution in [-0.4, -0.2) is 26.2 Å². The Hall–Kier alpha value is -1.39. The Morgan fingerprint density at radius 3 is 2.79 bits per heavy atom. The third-order valence-corrected chi connectivity index (χ3v) is 2.72. The van der Waals surface area contributed by atoms with E-state index in [1.807, 2.05) is 31.2 Å². The quantitative estimate of drug-likeness (QED) is 0.733. The van der Waals surface area contributed by atoms with Crippen LogP contribution in [0.25, 0.3) is 0 Å². The molecule has 1 unspecified atom stereocenters. The molecule has 1 aromatic rings. The number of esters is 1. The maximum atomic E-state index is 12.0. The standard InChI is InChI=1S/C15H23NO3/c1-4-9-16-14(15(17)19-5-2)13-8-6-7-12(10-13)11-18-3/h6-8,10,14,16H,4-5,9,11H2,1-3H3. The Labute approximate surface area is 115 Å². The fourth-order valence-corrected chi connectivity index (χ4v) is 1.88. The van der Waals surface area contributed by atoms with Gasteiger partial charge >= 0.3 is 5.97 Å². The molecular formula is C15H23NO3. The van der Waals surface area contributed by atoms with Crippen LogP contribution >= 0.6 is 0 Å². The van der Waals surface area contributed by atoms with Gasteiger partial charge in [-0.05, 0) is 31.0 Å². The maximum Gasteiger partial charge on any atom is 0.327 e. The van der Waals surface area contributed by atoms with Crippen molar-refractivity contribution in [3.8, 4) is 0 Å². The molecule has 0 spiro atoms. The third kappa shape index (κ3) is 5.01. The SMILES string of the molecule is CCCNC(C(=O)OCC)c1cccc(COC)c1. The summed E-state index contributed by atoms with van der Waals surface area (Å²) in [5, 5.41) is 3.22. The van der Waals surface area contributed by atoms with E-state index in [1.54, 1.807) is 7.11 Å². The normalized spacial score (nSPS) is 12.2. The van der Waals surface area contributed by atoms with Crippen LogP contribution in [0.15, 0.2) is 24.3 Å². The summed E-state index contributed by atoms with van der Waals surface area (Å²) in [6.45, 7) is 5.59. The van der Waals surface area contributed by atoms with E-state index < -0.39 is 6.04 Å². The number of methoxy groups -OCH3 is 1. The van der Waals surface area contributed by atoms with Gasteiger partial charge in [0.2, 0.25) is 0 Å². The van der Waals surface area contributed by atoms with Crippen LogP contribution in [0.4, 0.5) is 0 Å². The lowest BCUT2D eigenvalue weighted by Gasteiger charge is -2.18. The van der Waals surface area contributed by atoms with E-state index in [0.717, 1.165) is 24.1 Å². The van der Waals surface area contributed by atoms with Gasteiger partial charge in [0.15, 0.2) is 0 Å². The minimum absolute atomic E-state index is 0.231. The first-order chi connectivity index (χ1) is 9.22. The van der Waals surface area contributed by atoms with Crippen LogP contribution in [0.2, 0.25) is 0 Å². The van der Waals surface area contributed by atoms with E-state index in [0.29, 0.717) is 13.2 Å². The minimum Gasteiger partial charge on any atom is -0.465 e. The molecule has 0 aromatic heterocycles. The van der Waals surface area contributed by atoms with E-state index in [4.69, 9.17) is 9.47 Å². The van der Waals surface area contributed by atoms with E-state index in [1.165, 1.54) is 0 Å². The Balaban J connectivity index is 2.88. The van der Waals surface area contributed by atoms with Crippen molar-refractivity contribution in [3.05, 3.63) is 35.4 Å². The van der Waals surface area contributed by atoms with Gasteiger partial charge in [-0.15, -0.1) is 0 Å². The van der Waals surface area contributed by atoms with Crippen LogP contribution in [0.5, 0.6) is 0 Å². The first-order valence-corrected chi connectivity index (χ1v) is 6.70. The smallest absolute Gasteiger partial charge is 0.327 e. The van der Waals surface area contributed by atoms with Gasteiger partial charge in [-0.1, -0.05) is 31.2 Å². The molecule has 0 amide bonds. The monoisotopic (exact) mass is 265 g/mol. The molecule has 4 nitrogen and oxygen atoms in total. The minimum atomic E-state index is -0.406. The highest BCUT2D eigenvalue weighted by Crippen LogP contribution is 2.17. The van der Waals surface area contributed by atoms with E-state index in [9.17, 15) is 4.79 Å². The zero-order valence-electron chi connectivity index (χ0n) is 11.9. The van der Waals surface area contributed by atoms with Crippen molar-refractivity contribution in [2.24, 2.45) is 0 Å². The second-order valence-corrected chi connectivity index (χ2v) is 4.32. The molecule has 106 valence electrons. The van der Waals surface area contributed by atoms with Crippen molar-refractivity contribution in [2.75, 3.05) is 20.3 Å². The molecule has 0 heterocycles. The van der Waals surface area contributed by atoms with Crippen LogP contribution in [0.1, 0.15) is 37.4 Å². The van der Waals surface area contributed by atoms with E-state index in [-0.39, 0.29) is 5.97 Å². The molecule has 1 aromatic carbocycles. The highest BCUT2D eigenvalue weighted by Gasteiger charge is 2.21. The lowest BCUT2D eigenvalue weighted by Crippen LogP contribution is -2.30. The van der Waals surface area contributed by atoms with Crippen LogP contribution < -0.4 is 5.32 Å². The summed E-state index contributed by atoms with van der Waals surface area (Å²) >= 11 is 0. The van der Waals surface area contributed by atoms with Crippen molar-refractivity contribution in [1.29, 1.82) is 0 Å². The summed E-state index contributed by atoms with van der Waals surface area (Å²) in [6.07, 6.45) is 0.966. The summed E-state index contributed by atoms with van der Waals surface area (Å²) in [5.41, 5.74) is 1.97. The molecule has 0 fully saturated rings. The predicted molar refractivity (Wildman–Crippen MR) is 74.8 cm³/mol. The largest absolute Gasteiger partial charge is 0.465 e. The number of hydrogen-bond acceptors (Lipinski definition) is 4. The number of carbonyl (C=O) groups excluding carboxylic acids is 1. The summed E-state index contributed by atoms with van der Waals surface area (Å²) in [5.74, 6) is -0.231. The van der Waals surface area contributed by atoms with Crippen molar-refractivity contribution in [1.82, 2.24) is 5.32 Å². The van der Waals surface area contributed by atoms with Crippen molar-refractivity contribution < 1.29 is 14.3 Å². The number of benzene rings is 1. The van der Waals surface area contributed by atoms with Crippen LogP contribution in [0.3, 0.4) is 0 Å². The molecule has 1 atom stereocenters. The molecule has 19 heavy (non-hydrogen) atoms. The molecule has 0 radical (unpaired) electrons. The number of carbonyl (C=O) groups is 1. The van der Waals surface area contributed by atoms with Crippen molar-refractivity contribution in [2.45, 2.75) is 32.9 Å². The number of ether oxygens (including phenoxy) is 2. The average Bonchev–Trinajstić information content (AvgIpc) is 2.40. The zero-order chi connectivity index (χ0) is 14.1. The maximum absolute atomic E-state index is 12.0. The van der Waals surface area contributed by atoms with Crippen molar-refractivity contribution >= 4 is 5.97 Å². The first kappa shape index (κ1) is 15.7. The van der Waals surface area contributed by atoms with Crippen molar-refractivity contribution in [3.63, 3.8) is 0 Å². The van der Waals surface area contributed by atoms with Gasteiger partial charge < -0.3 is 14.8 Å². The molecule has 0 aliphatic heterocycles. The summed E-state index contributed by atoms with van der Waals surface area (Å²) in [4.78, 5) is 12.0. The van der Waals surface area contributed by atoms with Gasteiger partial charge in [-0.2, -0.15) is 0 Å². The second-order valence-electron chi connectivity index (χ2n) is 4.32. The van der Waals surface area contributed by atoms with Crippen LogP contribution in [0, 0.1) is 0 Å². The zero-order valence-corrected chi connectivity index (χ0v) is 11.9. The molecule has 4 heteroatoms. The second kappa shape index (κ2) is 8.67. The Morgan fingerprint density at radius 1 is 1.37 bits per heavy atom. The van der Waals surface area contributed by atoms with Gasteiger partial charge in [0, 0.05) is 7.11 Å². The fraction of sp³-hybridized carbons (Fsp3) is 0.533. The van der Waals surface area contributed by atoms with E-state index in [2.05, 4.69) is 12.2 Å².